The van der Waals surface area contributed by atoms with Crippen LogP contribution in [0.15, 0.2) is 55.6 Å². The van der Waals surface area contributed by atoms with Gasteiger partial charge in [0.05, 0.1) is 24.6 Å². The van der Waals surface area contributed by atoms with Crippen LogP contribution in [0.2, 0.25) is 0 Å². The fourth-order valence-electron chi connectivity index (χ4n) is 3.32. The van der Waals surface area contributed by atoms with Crippen LogP contribution in [-0.2, 0) is 25.5 Å². The smallest absolute Gasteiger partial charge is 0.306 e. The molecule has 0 unspecified atom stereocenters. The van der Waals surface area contributed by atoms with E-state index >= 15 is 0 Å². The quantitative estimate of drug-likeness (QED) is 0.268. The lowest BCUT2D eigenvalue weighted by molar-refractivity contribution is -0.146. The maximum atomic E-state index is 13.0. The zero-order valence-corrected chi connectivity index (χ0v) is 20.7. The highest BCUT2D eigenvalue weighted by Gasteiger charge is 2.31. The lowest BCUT2D eigenvalue weighted by atomic mass is 9.86. The van der Waals surface area contributed by atoms with Crippen LogP contribution in [-0.4, -0.2) is 48.2 Å². The Bertz CT molecular complexity index is 801. The topological polar surface area (TPSA) is 105 Å². The molecule has 3 N–H and O–H groups in total. The van der Waals surface area contributed by atoms with Gasteiger partial charge >= 0.3 is 5.97 Å². The Kier molecular flexibility index (Phi) is 12.9. The van der Waals surface area contributed by atoms with Gasteiger partial charge in [-0.25, -0.2) is 0 Å². The number of aliphatic hydroxyl groups excluding tert-OH is 1. The van der Waals surface area contributed by atoms with Gasteiger partial charge in [0.25, 0.3) is 0 Å². The maximum Gasteiger partial charge on any atom is 0.306 e. The number of nitrogens with one attached hydrogen (secondary N) is 2. The third-order valence-electron chi connectivity index (χ3n) is 5.49. The van der Waals surface area contributed by atoms with Gasteiger partial charge in [-0.2, -0.15) is 0 Å². The van der Waals surface area contributed by atoms with Crippen LogP contribution in [0.3, 0.4) is 0 Å². The zero-order chi connectivity index (χ0) is 25.6. The van der Waals surface area contributed by atoms with E-state index in [-0.39, 0.29) is 49.3 Å². The second kappa shape index (κ2) is 15.1. The first kappa shape index (κ1) is 29.1. The molecule has 0 bridgehead atoms. The number of rotatable bonds is 15. The first-order valence-corrected chi connectivity index (χ1v) is 11.7. The number of esters is 1. The second-order valence-corrected chi connectivity index (χ2v) is 9.50. The highest BCUT2D eigenvalue weighted by molar-refractivity contribution is 5.86. The van der Waals surface area contributed by atoms with Crippen molar-refractivity contribution in [3.05, 3.63) is 61.2 Å². The van der Waals surface area contributed by atoms with Crippen LogP contribution in [0.1, 0.15) is 52.0 Å². The van der Waals surface area contributed by atoms with E-state index in [4.69, 9.17) is 4.74 Å². The minimum atomic E-state index is -0.630. The summed E-state index contributed by atoms with van der Waals surface area (Å²) in [6, 6.07) is 8.70. The number of aliphatic hydroxyl groups is 1. The molecule has 7 nitrogen and oxygen atoms in total. The standard InChI is InChI=1S/C27H40N2O5/c1-6-8-15-25(32)34-19-23(27(3,4)5)29-26(33)21(12-7-2)17-24(31)28-22(18-30)16-20-13-10-9-11-14-20/h6-7,9-11,13-14,21-23,30H,1-2,8,12,15-19H2,3-5H3,(H,28,31)(H,29,33)/t21-,22+,23-/m1/s1. The van der Waals surface area contributed by atoms with Gasteiger partial charge in [-0.1, -0.05) is 63.3 Å². The van der Waals surface area contributed by atoms with Gasteiger partial charge in [-0.3, -0.25) is 14.4 Å². The van der Waals surface area contributed by atoms with Gasteiger partial charge in [0, 0.05) is 12.8 Å². The van der Waals surface area contributed by atoms with E-state index in [0.29, 0.717) is 19.3 Å². The molecule has 3 atom stereocenters. The lowest BCUT2D eigenvalue weighted by Crippen LogP contribution is -2.50. The van der Waals surface area contributed by atoms with Crippen LogP contribution >= 0.6 is 0 Å². The molecule has 0 aromatic heterocycles. The Labute approximate surface area is 203 Å². The molecule has 0 aliphatic rings. The first-order chi connectivity index (χ1) is 16.1. The Hall–Kier alpha value is -2.93. The van der Waals surface area contributed by atoms with Crippen molar-refractivity contribution in [3.63, 3.8) is 0 Å². The summed E-state index contributed by atoms with van der Waals surface area (Å²) in [5.74, 6) is -1.60. The minimum Gasteiger partial charge on any atom is -0.463 e. The maximum absolute atomic E-state index is 13.0. The van der Waals surface area contributed by atoms with E-state index in [9.17, 15) is 19.5 Å². The SMILES string of the molecule is C=CCCC(=O)OC[C@@H](NC(=O)[C@H](CC=C)CC(=O)N[C@H](CO)Cc1ccccc1)C(C)(C)C. The summed E-state index contributed by atoms with van der Waals surface area (Å²) in [6.45, 7) is 13.0. The van der Waals surface area contributed by atoms with Crippen LogP contribution < -0.4 is 10.6 Å². The summed E-state index contributed by atoms with van der Waals surface area (Å²) in [4.78, 5) is 37.6. The van der Waals surface area contributed by atoms with E-state index in [2.05, 4.69) is 23.8 Å². The number of carbonyl (C=O) groups is 3. The molecule has 0 heterocycles. The largest absolute Gasteiger partial charge is 0.463 e. The monoisotopic (exact) mass is 472 g/mol. The number of benzene rings is 1. The molecule has 0 radical (unpaired) electrons. The zero-order valence-electron chi connectivity index (χ0n) is 20.7. The molecule has 34 heavy (non-hydrogen) atoms. The van der Waals surface area contributed by atoms with E-state index < -0.39 is 18.0 Å². The molecule has 0 fully saturated rings. The van der Waals surface area contributed by atoms with E-state index in [1.54, 1.807) is 12.2 Å². The normalized spacial score (nSPS) is 13.8. The number of ether oxygens (including phenoxy) is 1. The van der Waals surface area contributed by atoms with Crippen molar-refractivity contribution < 1.29 is 24.2 Å². The summed E-state index contributed by atoms with van der Waals surface area (Å²) in [5, 5.41) is 15.5. The van der Waals surface area contributed by atoms with Crippen molar-refractivity contribution >= 4 is 17.8 Å². The fourth-order valence-corrected chi connectivity index (χ4v) is 3.32. The molecule has 0 saturated heterocycles. The van der Waals surface area contributed by atoms with Crippen molar-refractivity contribution in [2.45, 2.75) is 65.0 Å². The molecule has 1 aromatic rings. The average Bonchev–Trinajstić information content (AvgIpc) is 2.79. The van der Waals surface area contributed by atoms with Gasteiger partial charge in [0.15, 0.2) is 0 Å². The predicted octanol–water partition coefficient (Wildman–Crippen LogP) is 3.33. The summed E-state index contributed by atoms with van der Waals surface area (Å²) >= 11 is 0. The van der Waals surface area contributed by atoms with Crippen LogP contribution in [0.25, 0.3) is 0 Å². The number of hydrogen-bond acceptors (Lipinski definition) is 5. The van der Waals surface area contributed by atoms with Gasteiger partial charge in [0.2, 0.25) is 11.8 Å². The molecule has 2 amide bonds. The first-order valence-electron chi connectivity index (χ1n) is 11.7. The molecule has 0 saturated carbocycles. The van der Waals surface area contributed by atoms with Crippen molar-refractivity contribution in [3.8, 4) is 0 Å². The molecule has 0 spiro atoms. The van der Waals surface area contributed by atoms with Gasteiger partial charge in [-0.15, -0.1) is 13.2 Å². The highest BCUT2D eigenvalue weighted by Crippen LogP contribution is 2.21. The number of allylic oxidation sites excluding steroid dienone is 2. The van der Waals surface area contributed by atoms with Crippen molar-refractivity contribution in [1.82, 2.24) is 10.6 Å². The molecular weight excluding hydrogens is 432 g/mol. The second-order valence-electron chi connectivity index (χ2n) is 9.50. The molecule has 0 aliphatic heterocycles. The number of hydrogen-bond donors (Lipinski definition) is 3. The number of amides is 2. The highest BCUT2D eigenvalue weighted by atomic mass is 16.5. The third kappa shape index (κ3) is 11.3. The minimum absolute atomic E-state index is 0.0425. The lowest BCUT2D eigenvalue weighted by Gasteiger charge is -2.32. The van der Waals surface area contributed by atoms with Gasteiger partial charge in [-0.05, 0) is 30.2 Å². The van der Waals surface area contributed by atoms with Crippen LogP contribution in [0.5, 0.6) is 0 Å². The van der Waals surface area contributed by atoms with Crippen molar-refractivity contribution in [2.24, 2.45) is 11.3 Å². The molecule has 7 heteroatoms. The van der Waals surface area contributed by atoms with Crippen LogP contribution in [0.4, 0.5) is 0 Å². The molecule has 1 rings (SSSR count). The van der Waals surface area contributed by atoms with E-state index in [1.165, 1.54) is 0 Å². The molecular formula is C27H40N2O5. The van der Waals surface area contributed by atoms with Gasteiger partial charge in [0.1, 0.15) is 6.61 Å². The van der Waals surface area contributed by atoms with Crippen molar-refractivity contribution in [1.29, 1.82) is 0 Å². The van der Waals surface area contributed by atoms with Gasteiger partial charge < -0.3 is 20.5 Å². The summed E-state index contributed by atoms with van der Waals surface area (Å²) < 4.78 is 5.35. The van der Waals surface area contributed by atoms with Crippen LogP contribution in [0, 0.1) is 11.3 Å². The number of carbonyl (C=O) groups excluding carboxylic acids is 3. The Morgan fingerprint density at radius 1 is 1.09 bits per heavy atom. The molecule has 1 aromatic carbocycles. The summed E-state index contributed by atoms with van der Waals surface area (Å²) in [6.07, 6.45) is 4.79. The average molecular weight is 473 g/mol. The Morgan fingerprint density at radius 3 is 2.32 bits per heavy atom. The molecule has 188 valence electrons. The molecule has 0 aliphatic carbocycles. The van der Waals surface area contributed by atoms with E-state index in [1.807, 2.05) is 51.1 Å². The summed E-state index contributed by atoms with van der Waals surface area (Å²) in [7, 11) is 0. The fraction of sp³-hybridized carbons (Fsp3) is 0.519. The van der Waals surface area contributed by atoms with Crippen molar-refractivity contribution in [2.75, 3.05) is 13.2 Å². The summed E-state index contributed by atoms with van der Waals surface area (Å²) in [5.41, 5.74) is 0.630. The third-order valence-corrected chi connectivity index (χ3v) is 5.49. The van der Waals surface area contributed by atoms with E-state index in [0.717, 1.165) is 5.56 Å². The Balaban J connectivity index is 2.74. The predicted molar refractivity (Wildman–Crippen MR) is 134 cm³/mol. The Morgan fingerprint density at radius 2 is 1.76 bits per heavy atom.